The Morgan fingerprint density at radius 1 is 0.939 bits per heavy atom. The Morgan fingerprint density at radius 3 is 1.97 bits per heavy atom. The van der Waals surface area contributed by atoms with Gasteiger partial charge >= 0.3 is 12.2 Å². The molecule has 4 N–H and O–H groups in total. The first kappa shape index (κ1) is 27.5. The summed E-state index contributed by atoms with van der Waals surface area (Å²) in [6, 6.07) is 18.9. The van der Waals surface area contributed by atoms with Crippen molar-refractivity contribution >= 4 is 18.1 Å². The summed E-state index contributed by atoms with van der Waals surface area (Å²) in [6.45, 7) is 7.67. The van der Waals surface area contributed by atoms with Crippen molar-refractivity contribution in [3.05, 3.63) is 71.8 Å². The highest BCUT2D eigenvalue weighted by atomic mass is 16.6. The predicted molar refractivity (Wildman–Crippen MR) is 127 cm³/mol. The van der Waals surface area contributed by atoms with Crippen LogP contribution in [0.25, 0.3) is 0 Å². The molecule has 2 aromatic carbocycles. The first-order valence-electron chi connectivity index (χ1n) is 10.8. The molecular formula is C25H35N3O5. The molecule has 2 aromatic rings. The monoisotopic (exact) mass is 457 g/mol. The van der Waals surface area contributed by atoms with Gasteiger partial charge < -0.3 is 25.8 Å². The second kappa shape index (κ2) is 14.5. The SMILES string of the molecule is CC(C)(C)OC(N)=O.C[C@@H](NC(=O)OCc1ccccc1)C(=O)NCCCc1ccccc1. The number of hydrogen-bond acceptors (Lipinski definition) is 5. The topological polar surface area (TPSA) is 120 Å². The zero-order valence-corrected chi connectivity index (χ0v) is 19.8. The van der Waals surface area contributed by atoms with Gasteiger partial charge in [-0.25, -0.2) is 9.59 Å². The third-order valence-electron chi connectivity index (χ3n) is 4.13. The number of hydrogen-bond donors (Lipinski definition) is 3. The van der Waals surface area contributed by atoms with E-state index in [0.29, 0.717) is 6.54 Å². The van der Waals surface area contributed by atoms with Crippen LogP contribution in [0.1, 0.15) is 45.2 Å². The average Bonchev–Trinajstić information content (AvgIpc) is 2.75. The third kappa shape index (κ3) is 14.2. The molecule has 0 saturated carbocycles. The molecule has 3 amide bonds. The summed E-state index contributed by atoms with van der Waals surface area (Å²) in [4.78, 5) is 33.7. The largest absolute Gasteiger partial charge is 0.445 e. The number of primary amides is 1. The van der Waals surface area contributed by atoms with E-state index in [1.165, 1.54) is 5.56 Å². The Bertz CT molecular complexity index is 851. The summed E-state index contributed by atoms with van der Waals surface area (Å²) >= 11 is 0. The Balaban J connectivity index is 0.000000582. The molecule has 0 fully saturated rings. The van der Waals surface area contributed by atoms with Crippen molar-refractivity contribution in [1.29, 1.82) is 0 Å². The van der Waals surface area contributed by atoms with E-state index in [2.05, 4.69) is 27.5 Å². The van der Waals surface area contributed by atoms with Gasteiger partial charge in [-0.05, 0) is 51.7 Å². The second-order valence-electron chi connectivity index (χ2n) is 8.34. The third-order valence-corrected chi connectivity index (χ3v) is 4.13. The van der Waals surface area contributed by atoms with Gasteiger partial charge in [0.1, 0.15) is 18.2 Å². The van der Waals surface area contributed by atoms with E-state index < -0.39 is 23.8 Å². The zero-order chi connectivity index (χ0) is 24.7. The Kier molecular flexibility index (Phi) is 12.1. The van der Waals surface area contributed by atoms with Gasteiger partial charge in [0.25, 0.3) is 0 Å². The zero-order valence-electron chi connectivity index (χ0n) is 19.8. The highest BCUT2D eigenvalue weighted by Crippen LogP contribution is 2.05. The van der Waals surface area contributed by atoms with Crippen LogP contribution in [0.2, 0.25) is 0 Å². The molecule has 8 heteroatoms. The van der Waals surface area contributed by atoms with Crippen molar-refractivity contribution in [3.63, 3.8) is 0 Å². The van der Waals surface area contributed by atoms with Crippen LogP contribution in [-0.4, -0.2) is 36.3 Å². The number of benzene rings is 2. The first-order valence-corrected chi connectivity index (χ1v) is 10.8. The van der Waals surface area contributed by atoms with E-state index in [0.717, 1.165) is 18.4 Å². The summed E-state index contributed by atoms with van der Waals surface area (Å²) < 4.78 is 9.68. The number of amides is 3. The summed E-state index contributed by atoms with van der Waals surface area (Å²) in [6.07, 6.45) is 0.427. The normalized spacial score (nSPS) is 11.3. The molecule has 180 valence electrons. The fourth-order valence-corrected chi connectivity index (χ4v) is 2.61. The first-order chi connectivity index (χ1) is 15.6. The molecule has 1 atom stereocenters. The van der Waals surface area contributed by atoms with Crippen LogP contribution in [0, 0.1) is 0 Å². The molecule has 8 nitrogen and oxygen atoms in total. The van der Waals surface area contributed by atoms with Crippen LogP contribution >= 0.6 is 0 Å². The average molecular weight is 458 g/mol. The lowest BCUT2D eigenvalue weighted by molar-refractivity contribution is -0.122. The Labute approximate surface area is 195 Å². The molecule has 0 heterocycles. The molecule has 0 radical (unpaired) electrons. The fraction of sp³-hybridized carbons (Fsp3) is 0.400. The number of nitrogens with one attached hydrogen (secondary N) is 2. The molecule has 0 aliphatic heterocycles. The van der Waals surface area contributed by atoms with Gasteiger partial charge in [-0.15, -0.1) is 0 Å². The number of carbonyl (C=O) groups excluding carboxylic acids is 3. The molecule has 2 rings (SSSR count). The van der Waals surface area contributed by atoms with Crippen molar-refractivity contribution in [3.8, 4) is 0 Å². The quantitative estimate of drug-likeness (QED) is 0.519. The maximum absolute atomic E-state index is 12.0. The van der Waals surface area contributed by atoms with Crippen molar-refractivity contribution in [2.45, 2.75) is 58.8 Å². The smallest absolute Gasteiger partial charge is 0.408 e. The van der Waals surface area contributed by atoms with E-state index in [1.807, 2.05) is 48.5 Å². The number of aryl methyl sites for hydroxylation is 1. The number of rotatable bonds is 8. The Hall–Kier alpha value is -3.55. The maximum Gasteiger partial charge on any atom is 0.408 e. The number of nitrogens with two attached hydrogens (primary N) is 1. The fourth-order valence-electron chi connectivity index (χ4n) is 2.61. The van der Waals surface area contributed by atoms with Crippen LogP contribution in [0.5, 0.6) is 0 Å². The molecule has 0 spiro atoms. The van der Waals surface area contributed by atoms with Gasteiger partial charge in [0.2, 0.25) is 5.91 Å². The molecule has 33 heavy (non-hydrogen) atoms. The highest BCUT2D eigenvalue weighted by Gasteiger charge is 2.16. The van der Waals surface area contributed by atoms with E-state index in [1.54, 1.807) is 27.7 Å². The lowest BCUT2D eigenvalue weighted by Crippen LogP contribution is -2.45. The van der Waals surface area contributed by atoms with Gasteiger partial charge in [0.05, 0.1) is 0 Å². The summed E-state index contributed by atoms with van der Waals surface area (Å²) in [5.41, 5.74) is 6.41. The summed E-state index contributed by atoms with van der Waals surface area (Å²) in [7, 11) is 0. The number of alkyl carbamates (subject to hydrolysis) is 1. The molecule has 0 bridgehead atoms. The minimum atomic E-state index is -0.725. The van der Waals surface area contributed by atoms with Gasteiger partial charge in [0.15, 0.2) is 0 Å². The minimum absolute atomic E-state index is 0.179. The van der Waals surface area contributed by atoms with E-state index >= 15 is 0 Å². The molecular weight excluding hydrogens is 422 g/mol. The second-order valence-corrected chi connectivity index (χ2v) is 8.34. The summed E-state index contributed by atoms with van der Waals surface area (Å²) in [5, 5.41) is 5.36. The van der Waals surface area contributed by atoms with Crippen molar-refractivity contribution in [1.82, 2.24) is 10.6 Å². The number of carbonyl (C=O) groups is 3. The van der Waals surface area contributed by atoms with Crippen LogP contribution in [0.4, 0.5) is 9.59 Å². The van der Waals surface area contributed by atoms with Crippen LogP contribution in [0.3, 0.4) is 0 Å². The van der Waals surface area contributed by atoms with Crippen molar-refractivity contribution in [2.24, 2.45) is 5.73 Å². The van der Waals surface area contributed by atoms with Gasteiger partial charge in [-0.1, -0.05) is 60.7 Å². The van der Waals surface area contributed by atoms with Crippen molar-refractivity contribution < 1.29 is 23.9 Å². The van der Waals surface area contributed by atoms with E-state index in [9.17, 15) is 14.4 Å². The van der Waals surface area contributed by atoms with Gasteiger partial charge in [-0.2, -0.15) is 0 Å². The van der Waals surface area contributed by atoms with E-state index in [-0.39, 0.29) is 12.5 Å². The Morgan fingerprint density at radius 2 is 1.48 bits per heavy atom. The summed E-state index contributed by atoms with van der Waals surface area (Å²) in [5.74, 6) is -0.218. The van der Waals surface area contributed by atoms with Crippen LogP contribution in [-0.2, 0) is 27.3 Å². The predicted octanol–water partition coefficient (Wildman–Crippen LogP) is 3.93. The van der Waals surface area contributed by atoms with E-state index in [4.69, 9.17) is 10.5 Å². The highest BCUT2D eigenvalue weighted by molar-refractivity contribution is 5.85. The molecule has 0 unspecified atom stereocenters. The molecule has 0 aliphatic carbocycles. The lowest BCUT2D eigenvalue weighted by atomic mass is 10.1. The number of ether oxygens (including phenoxy) is 2. The lowest BCUT2D eigenvalue weighted by Gasteiger charge is -2.16. The minimum Gasteiger partial charge on any atom is -0.445 e. The van der Waals surface area contributed by atoms with Crippen molar-refractivity contribution in [2.75, 3.05) is 6.54 Å². The van der Waals surface area contributed by atoms with Gasteiger partial charge in [-0.3, -0.25) is 4.79 Å². The standard InChI is InChI=1S/C20H24N2O3.C5H11NO2/c1-16(22-20(24)25-15-18-11-6-3-7-12-18)19(23)21-14-8-13-17-9-4-2-5-10-17;1-5(2,3)8-4(6)7/h2-7,9-12,16H,8,13-15H2,1H3,(H,21,23)(H,22,24);1-3H3,(H2,6,7)/t16-;/m1./s1. The van der Waals surface area contributed by atoms with Crippen LogP contribution < -0.4 is 16.4 Å². The maximum atomic E-state index is 12.0. The van der Waals surface area contributed by atoms with Crippen LogP contribution in [0.15, 0.2) is 60.7 Å². The van der Waals surface area contributed by atoms with Gasteiger partial charge in [0, 0.05) is 6.54 Å². The molecule has 0 saturated heterocycles. The molecule has 0 aliphatic rings. The molecule has 0 aromatic heterocycles.